The molecule has 1 heterocycles. The van der Waals surface area contributed by atoms with E-state index >= 15 is 0 Å². The van der Waals surface area contributed by atoms with E-state index in [0.717, 1.165) is 11.1 Å². The topological polar surface area (TPSA) is 72.8 Å². The molecule has 2 aromatic carbocycles. The van der Waals surface area contributed by atoms with Gasteiger partial charge in [0.2, 0.25) is 0 Å². The van der Waals surface area contributed by atoms with Crippen LogP contribution >= 0.6 is 23.2 Å². The largest absolute Gasteiger partial charge is 0.496 e. The monoisotopic (exact) mass is 429 g/mol. The average molecular weight is 430 g/mol. The highest BCUT2D eigenvalue weighted by Crippen LogP contribution is 2.29. The van der Waals surface area contributed by atoms with Gasteiger partial charge < -0.3 is 9.47 Å². The Morgan fingerprint density at radius 1 is 1.17 bits per heavy atom. The summed E-state index contributed by atoms with van der Waals surface area (Å²) in [6.07, 6.45) is 4.60. The van der Waals surface area contributed by atoms with Gasteiger partial charge in [0.25, 0.3) is 5.91 Å². The molecule has 148 valence electrons. The molecule has 0 spiro atoms. The van der Waals surface area contributed by atoms with E-state index in [1.165, 1.54) is 12.4 Å². The molecule has 1 N–H and O–H groups in total. The second-order valence-electron chi connectivity index (χ2n) is 5.88. The number of benzene rings is 2. The zero-order valence-corrected chi connectivity index (χ0v) is 16.9. The quantitative estimate of drug-likeness (QED) is 0.434. The van der Waals surface area contributed by atoms with Crippen molar-refractivity contribution in [3.63, 3.8) is 0 Å². The summed E-state index contributed by atoms with van der Waals surface area (Å²) < 4.78 is 11.2. The molecule has 0 fully saturated rings. The lowest BCUT2D eigenvalue weighted by molar-refractivity contribution is 0.0955. The van der Waals surface area contributed by atoms with Crippen molar-refractivity contribution in [3.05, 3.63) is 87.7 Å². The van der Waals surface area contributed by atoms with Crippen LogP contribution in [0.3, 0.4) is 0 Å². The number of rotatable bonds is 7. The first-order valence-electron chi connectivity index (χ1n) is 8.55. The molecule has 1 amide bonds. The third kappa shape index (κ3) is 5.70. The third-order valence-corrected chi connectivity index (χ3v) is 4.42. The number of nitrogens with zero attached hydrogens (tertiary/aromatic N) is 2. The van der Waals surface area contributed by atoms with Gasteiger partial charge in [0.05, 0.1) is 23.9 Å². The normalized spacial score (nSPS) is 10.7. The van der Waals surface area contributed by atoms with E-state index in [0.29, 0.717) is 27.1 Å². The SMILES string of the molecule is COc1ccc(C=NNC(=O)c2cccnc2)cc1COc1ccc(Cl)cc1Cl. The molecule has 0 bridgehead atoms. The number of hydrogen-bond donors (Lipinski definition) is 1. The second kappa shape index (κ2) is 9.91. The van der Waals surface area contributed by atoms with Crippen LogP contribution in [0, 0.1) is 0 Å². The van der Waals surface area contributed by atoms with Crippen LogP contribution in [0.2, 0.25) is 10.0 Å². The lowest BCUT2D eigenvalue weighted by Gasteiger charge is -2.12. The summed E-state index contributed by atoms with van der Waals surface area (Å²) in [4.78, 5) is 15.9. The number of methoxy groups -OCH3 is 1. The Kier molecular flexibility index (Phi) is 7.05. The Balaban J connectivity index is 1.68. The van der Waals surface area contributed by atoms with Crippen LogP contribution in [-0.4, -0.2) is 24.2 Å². The molecule has 3 rings (SSSR count). The summed E-state index contributed by atoms with van der Waals surface area (Å²) in [6, 6.07) is 13.8. The number of halogens is 2. The fourth-order valence-corrected chi connectivity index (χ4v) is 2.93. The molecular formula is C21H17Cl2N3O3. The highest BCUT2D eigenvalue weighted by atomic mass is 35.5. The summed E-state index contributed by atoms with van der Waals surface area (Å²) in [6.45, 7) is 0.230. The summed E-state index contributed by atoms with van der Waals surface area (Å²) in [5.74, 6) is 0.830. The highest BCUT2D eigenvalue weighted by Gasteiger charge is 2.08. The number of hydrogen-bond acceptors (Lipinski definition) is 5. The van der Waals surface area contributed by atoms with Gasteiger partial charge in [-0.15, -0.1) is 0 Å². The van der Waals surface area contributed by atoms with Gasteiger partial charge in [0, 0.05) is 23.0 Å². The van der Waals surface area contributed by atoms with Crippen LogP contribution in [0.5, 0.6) is 11.5 Å². The molecule has 3 aromatic rings. The van der Waals surface area contributed by atoms with Crippen LogP contribution in [0.4, 0.5) is 0 Å². The maximum Gasteiger partial charge on any atom is 0.272 e. The van der Waals surface area contributed by atoms with Crippen LogP contribution in [0.1, 0.15) is 21.5 Å². The van der Waals surface area contributed by atoms with E-state index in [9.17, 15) is 4.79 Å². The van der Waals surface area contributed by atoms with E-state index < -0.39 is 0 Å². The Bertz CT molecular complexity index is 1030. The number of ether oxygens (including phenoxy) is 2. The highest BCUT2D eigenvalue weighted by molar-refractivity contribution is 6.35. The Hall–Kier alpha value is -3.09. The van der Waals surface area contributed by atoms with Gasteiger partial charge in [-0.25, -0.2) is 5.43 Å². The van der Waals surface area contributed by atoms with E-state index in [2.05, 4.69) is 15.5 Å². The molecule has 1 aromatic heterocycles. The molecule has 0 saturated heterocycles. The van der Waals surface area contributed by atoms with Gasteiger partial charge in [-0.2, -0.15) is 5.10 Å². The molecule has 0 radical (unpaired) electrons. The predicted molar refractivity (Wildman–Crippen MR) is 113 cm³/mol. The molecule has 0 atom stereocenters. The Morgan fingerprint density at radius 2 is 2.00 bits per heavy atom. The molecule has 8 heteroatoms. The van der Waals surface area contributed by atoms with Crippen LogP contribution in [-0.2, 0) is 6.61 Å². The summed E-state index contributed by atoms with van der Waals surface area (Å²) >= 11 is 12.0. The Morgan fingerprint density at radius 3 is 2.72 bits per heavy atom. The standard InChI is InChI=1S/C21H17Cl2N3O3/c1-28-19-6-4-14(11-25-26-21(27)15-3-2-8-24-12-15)9-16(19)13-29-20-7-5-17(22)10-18(20)23/h2-12H,13H2,1H3,(H,26,27). The fraction of sp³-hybridized carbons (Fsp3) is 0.0952. The Labute approximate surface area is 178 Å². The van der Waals surface area contributed by atoms with Crippen molar-refractivity contribution >= 4 is 35.3 Å². The zero-order valence-electron chi connectivity index (χ0n) is 15.4. The minimum absolute atomic E-state index is 0.230. The van der Waals surface area contributed by atoms with Gasteiger partial charge in [0.15, 0.2) is 0 Å². The lowest BCUT2D eigenvalue weighted by atomic mass is 10.1. The van der Waals surface area contributed by atoms with Crippen molar-refractivity contribution in [2.45, 2.75) is 6.61 Å². The molecule has 6 nitrogen and oxygen atoms in total. The number of pyridine rings is 1. The maximum atomic E-state index is 12.0. The molecule has 0 saturated carbocycles. The van der Waals surface area contributed by atoms with Crippen LogP contribution < -0.4 is 14.9 Å². The van der Waals surface area contributed by atoms with Crippen molar-refractivity contribution < 1.29 is 14.3 Å². The number of nitrogens with one attached hydrogen (secondary N) is 1. The molecule has 29 heavy (non-hydrogen) atoms. The van der Waals surface area contributed by atoms with Gasteiger partial charge in [-0.1, -0.05) is 23.2 Å². The van der Waals surface area contributed by atoms with Crippen molar-refractivity contribution in [1.29, 1.82) is 0 Å². The van der Waals surface area contributed by atoms with Crippen LogP contribution in [0.25, 0.3) is 0 Å². The first kappa shape index (κ1) is 20.6. The van der Waals surface area contributed by atoms with Gasteiger partial charge >= 0.3 is 0 Å². The first-order chi connectivity index (χ1) is 14.1. The van der Waals surface area contributed by atoms with Crippen molar-refractivity contribution in [3.8, 4) is 11.5 Å². The minimum atomic E-state index is -0.344. The summed E-state index contributed by atoms with van der Waals surface area (Å²) in [7, 11) is 1.58. The van der Waals surface area contributed by atoms with Gasteiger partial charge in [0.1, 0.15) is 18.1 Å². The smallest absolute Gasteiger partial charge is 0.272 e. The van der Waals surface area contributed by atoms with Gasteiger partial charge in [-0.05, 0) is 54.1 Å². The van der Waals surface area contributed by atoms with E-state index in [-0.39, 0.29) is 12.5 Å². The minimum Gasteiger partial charge on any atom is -0.496 e. The molecule has 0 unspecified atom stereocenters. The van der Waals surface area contributed by atoms with Crippen LogP contribution in [0.15, 0.2) is 66.0 Å². The first-order valence-corrected chi connectivity index (χ1v) is 9.30. The molecular weight excluding hydrogens is 413 g/mol. The van der Waals surface area contributed by atoms with E-state index in [1.807, 2.05) is 12.1 Å². The number of carbonyl (C=O) groups excluding carboxylic acids is 1. The molecule has 0 aliphatic carbocycles. The fourth-order valence-electron chi connectivity index (χ4n) is 2.47. The number of hydrazone groups is 1. The third-order valence-electron chi connectivity index (χ3n) is 3.89. The van der Waals surface area contributed by atoms with E-state index in [1.54, 1.807) is 49.7 Å². The second-order valence-corrected chi connectivity index (χ2v) is 6.72. The number of amides is 1. The molecule has 0 aliphatic rings. The van der Waals surface area contributed by atoms with Gasteiger partial charge in [-0.3, -0.25) is 9.78 Å². The van der Waals surface area contributed by atoms with Crippen molar-refractivity contribution in [1.82, 2.24) is 10.4 Å². The lowest BCUT2D eigenvalue weighted by Crippen LogP contribution is -2.17. The predicted octanol–water partition coefficient (Wildman–Crippen LogP) is 4.74. The van der Waals surface area contributed by atoms with E-state index in [4.69, 9.17) is 32.7 Å². The van der Waals surface area contributed by atoms with Crippen molar-refractivity contribution in [2.24, 2.45) is 5.10 Å². The zero-order chi connectivity index (χ0) is 20.6. The van der Waals surface area contributed by atoms with Crippen molar-refractivity contribution in [2.75, 3.05) is 7.11 Å². The summed E-state index contributed by atoms with van der Waals surface area (Å²) in [5.41, 5.74) is 4.44. The average Bonchev–Trinajstić information content (AvgIpc) is 2.74. The number of carbonyl (C=O) groups is 1. The summed E-state index contributed by atoms with van der Waals surface area (Å²) in [5, 5.41) is 4.94. The number of aromatic nitrogens is 1. The molecule has 0 aliphatic heterocycles. The maximum absolute atomic E-state index is 12.0.